The lowest BCUT2D eigenvalue weighted by Crippen LogP contribution is -2.17. The predicted octanol–water partition coefficient (Wildman–Crippen LogP) is 3.85. The van der Waals surface area contributed by atoms with Crippen LogP contribution in [-0.4, -0.2) is 15.9 Å². The zero-order chi connectivity index (χ0) is 15.7. The van der Waals surface area contributed by atoms with Crippen LogP contribution in [0.4, 0.5) is 5.95 Å². The Hall–Kier alpha value is -1.75. The molecule has 1 aliphatic rings. The minimum absolute atomic E-state index is 0.108. The van der Waals surface area contributed by atoms with Gasteiger partial charge in [-0.2, -0.15) is 0 Å². The molecule has 3 rings (SSSR count). The highest BCUT2D eigenvalue weighted by Gasteiger charge is 2.18. The minimum atomic E-state index is -0.108. The zero-order valence-electron chi connectivity index (χ0n) is 13.3. The van der Waals surface area contributed by atoms with Gasteiger partial charge in [-0.25, -0.2) is 9.97 Å². The summed E-state index contributed by atoms with van der Waals surface area (Å²) < 4.78 is 0. The first-order valence-electron chi connectivity index (χ1n) is 7.85. The molecule has 1 N–H and O–H groups in total. The molecule has 0 bridgehead atoms. The number of carbonyl (C=O) groups excluding carboxylic acids is 1. The van der Waals surface area contributed by atoms with E-state index in [1.54, 1.807) is 0 Å². The van der Waals surface area contributed by atoms with Crippen molar-refractivity contribution in [1.82, 2.24) is 9.97 Å². The number of nitrogens with zero attached hydrogens (tertiary/aromatic N) is 2. The Labute approximate surface area is 135 Å². The standard InChI is InChI=1S/C17H21N3OS/c1-4-12-9-15(22-11(12)3)16(21)20-17-18-10(2)13-7-5-6-8-14(13)19-17/h9H,4-8H2,1-3H3,(H,18,19,20,21). The second-order valence-corrected chi connectivity index (χ2v) is 7.02. The van der Waals surface area contributed by atoms with E-state index < -0.39 is 0 Å². The van der Waals surface area contributed by atoms with Crippen molar-refractivity contribution in [2.45, 2.75) is 52.9 Å². The molecule has 116 valence electrons. The van der Waals surface area contributed by atoms with Crippen molar-refractivity contribution >= 4 is 23.2 Å². The van der Waals surface area contributed by atoms with E-state index in [4.69, 9.17) is 0 Å². The molecule has 0 saturated heterocycles. The van der Waals surface area contributed by atoms with E-state index in [9.17, 15) is 4.79 Å². The monoisotopic (exact) mass is 315 g/mol. The smallest absolute Gasteiger partial charge is 0.268 e. The van der Waals surface area contributed by atoms with Crippen molar-refractivity contribution in [2.24, 2.45) is 0 Å². The number of hydrogen-bond acceptors (Lipinski definition) is 4. The molecule has 0 unspecified atom stereocenters. The van der Waals surface area contributed by atoms with E-state index in [1.165, 1.54) is 40.2 Å². The molecule has 2 heterocycles. The van der Waals surface area contributed by atoms with E-state index in [-0.39, 0.29) is 5.91 Å². The second-order valence-electron chi connectivity index (χ2n) is 5.76. The molecule has 0 spiro atoms. The summed E-state index contributed by atoms with van der Waals surface area (Å²) in [6.45, 7) is 6.17. The molecule has 22 heavy (non-hydrogen) atoms. The molecular weight excluding hydrogens is 294 g/mol. The largest absolute Gasteiger partial charge is 0.290 e. The Bertz CT molecular complexity index is 721. The fourth-order valence-electron chi connectivity index (χ4n) is 2.98. The third kappa shape index (κ3) is 2.90. The Morgan fingerprint density at radius 3 is 2.77 bits per heavy atom. The lowest BCUT2D eigenvalue weighted by atomic mass is 9.95. The molecule has 1 aliphatic carbocycles. The second kappa shape index (κ2) is 6.16. The molecule has 0 aromatic carbocycles. The van der Waals surface area contributed by atoms with Gasteiger partial charge in [-0.05, 0) is 63.1 Å². The number of aryl methyl sites for hydroxylation is 4. The van der Waals surface area contributed by atoms with Crippen LogP contribution in [0.25, 0.3) is 0 Å². The normalized spacial score (nSPS) is 13.8. The van der Waals surface area contributed by atoms with Gasteiger partial charge >= 0.3 is 0 Å². The van der Waals surface area contributed by atoms with Crippen LogP contribution in [0, 0.1) is 13.8 Å². The predicted molar refractivity (Wildman–Crippen MR) is 89.8 cm³/mol. The van der Waals surface area contributed by atoms with Crippen LogP contribution in [0.3, 0.4) is 0 Å². The molecule has 1 amide bonds. The Morgan fingerprint density at radius 1 is 1.27 bits per heavy atom. The zero-order valence-corrected chi connectivity index (χ0v) is 14.1. The molecular formula is C17H21N3OS. The molecule has 0 saturated carbocycles. The van der Waals surface area contributed by atoms with Crippen LogP contribution in [0.2, 0.25) is 0 Å². The fourth-order valence-corrected chi connectivity index (χ4v) is 3.99. The molecule has 5 heteroatoms. The van der Waals surface area contributed by atoms with Crippen LogP contribution in [0.1, 0.15) is 56.8 Å². The number of fused-ring (bicyclic) bond motifs is 1. The van der Waals surface area contributed by atoms with Crippen molar-refractivity contribution in [3.63, 3.8) is 0 Å². The minimum Gasteiger partial charge on any atom is -0.290 e. The summed E-state index contributed by atoms with van der Waals surface area (Å²) in [6, 6.07) is 1.97. The Morgan fingerprint density at radius 2 is 2.05 bits per heavy atom. The summed E-state index contributed by atoms with van der Waals surface area (Å²) in [4.78, 5) is 23.3. The van der Waals surface area contributed by atoms with E-state index in [1.807, 2.05) is 13.0 Å². The molecule has 2 aromatic rings. The van der Waals surface area contributed by atoms with Gasteiger partial charge in [0.2, 0.25) is 5.95 Å². The molecule has 0 radical (unpaired) electrons. The molecule has 0 aliphatic heterocycles. The average molecular weight is 315 g/mol. The van der Waals surface area contributed by atoms with E-state index in [0.717, 1.165) is 35.5 Å². The number of anilines is 1. The van der Waals surface area contributed by atoms with Gasteiger partial charge in [0.15, 0.2) is 0 Å². The summed E-state index contributed by atoms with van der Waals surface area (Å²) in [5, 5.41) is 2.86. The summed E-state index contributed by atoms with van der Waals surface area (Å²) in [5.41, 5.74) is 4.60. The molecule has 0 fully saturated rings. The van der Waals surface area contributed by atoms with Gasteiger partial charge in [0.1, 0.15) is 0 Å². The number of carbonyl (C=O) groups is 1. The molecule has 0 atom stereocenters. The number of aromatic nitrogens is 2. The lowest BCUT2D eigenvalue weighted by Gasteiger charge is -2.17. The third-order valence-electron chi connectivity index (χ3n) is 4.24. The Kier molecular flexibility index (Phi) is 4.25. The Balaban J connectivity index is 1.83. The number of rotatable bonds is 3. The van der Waals surface area contributed by atoms with Crippen LogP contribution in [0.5, 0.6) is 0 Å². The molecule has 4 nitrogen and oxygen atoms in total. The van der Waals surface area contributed by atoms with Crippen LogP contribution >= 0.6 is 11.3 Å². The number of thiophene rings is 1. The van der Waals surface area contributed by atoms with Gasteiger partial charge in [0, 0.05) is 16.3 Å². The summed E-state index contributed by atoms with van der Waals surface area (Å²) in [6.07, 6.45) is 5.36. The first-order valence-corrected chi connectivity index (χ1v) is 8.67. The van der Waals surface area contributed by atoms with Gasteiger partial charge < -0.3 is 0 Å². The van der Waals surface area contributed by atoms with Crippen LogP contribution < -0.4 is 5.32 Å². The highest BCUT2D eigenvalue weighted by molar-refractivity contribution is 7.14. The van der Waals surface area contributed by atoms with Crippen molar-refractivity contribution in [3.05, 3.63) is 38.3 Å². The summed E-state index contributed by atoms with van der Waals surface area (Å²) in [7, 11) is 0. The van der Waals surface area contributed by atoms with Gasteiger partial charge in [-0.1, -0.05) is 6.92 Å². The number of amides is 1. The van der Waals surface area contributed by atoms with E-state index >= 15 is 0 Å². The van der Waals surface area contributed by atoms with Gasteiger partial charge in [-0.3, -0.25) is 10.1 Å². The highest BCUT2D eigenvalue weighted by Crippen LogP contribution is 2.25. The SMILES string of the molecule is CCc1cc(C(=O)Nc2nc(C)c3c(n2)CCCC3)sc1C. The van der Waals surface area contributed by atoms with Gasteiger partial charge in [-0.15, -0.1) is 11.3 Å². The number of nitrogens with one attached hydrogen (secondary N) is 1. The van der Waals surface area contributed by atoms with E-state index in [0.29, 0.717) is 5.95 Å². The topological polar surface area (TPSA) is 54.9 Å². The van der Waals surface area contributed by atoms with E-state index in [2.05, 4.69) is 29.1 Å². The van der Waals surface area contributed by atoms with Crippen molar-refractivity contribution in [3.8, 4) is 0 Å². The first kappa shape index (κ1) is 15.2. The highest BCUT2D eigenvalue weighted by atomic mass is 32.1. The van der Waals surface area contributed by atoms with Crippen LogP contribution in [0.15, 0.2) is 6.07 Å². The maximum Gasteiger partial charge on any atom is 0.268 e. The summed E-state index contributed by atoms with van der Waals surface area (Å²) in [5.74, 6) is 0.329. The first-order chi connectivity index (χ1) is 10.6. The van der Waals surface area contributed by atoms with Gasteiger partial charge in [0.25, 0.3) is 5.91 Å². The van der Waals surface area contributed by atoms with Crippen molar-refractivity contribution < 1.29 is 4.79 Å². The maximum absolute atomic E-state index is 12.4. The number of hydrogen-bond donors (Lipinski definition) is 1. The maximum atomic E-state index is 12.4. The molecule has 2 aromatic heterocycles. The summed E-state index contributed by atoms with van der Waals surface area (Å²) >= 11 is 1.53. The van der Waals surface area contributed by atoms with Crippen molar-refractivity contribution in [1.29, 1.82) is 0 Å². The average Bonchev–Trinajstić information content (AvgIpc) is 2.88. The lowest BCUT2D eigenvalue weighted by molar-refractivity contribution is 0.102. The van der Waals surface area contributed by atoms with Crippen molar-refractivity contribution in [2.75, 3.05) is 5.32 Å². The fraction of sp³-hybridized carbons (Fsp3) is 0.471. The van der Waals surface area contributed by atoms with Crippen LogP contribution in [-0.2, 0) is 19.3 Å². The van der Waals surface area contributed by atoms with Gasteiger partial charge in [0.05, 0.1) is 4.88 Å². The third-order valence-corrected chi connectivity index (χ3v) is 5.33. The quantitative estimate of drug-likeness (QED) is 0.936.